The average Bonchev–Trinajstić information content (AvgIpc) is 2.80. The molecule has 2 unspecified atom stereocenters. The molecule has 0 amide bonds. The van der Waals surface area contributed by atoms with E-state index < -0.39 is 65.0 Å². The van der Waals surface area contributed by atoms with Crippen LogP contribution in [0.4, 0.5) is 22.0 Å². The number of halogens is 5. The van der Waals surface area contributed by atoms with E-state index in [4.69, 9.17) is 9.47 Å². The number of carbonyl (C=O) groups excluding carboxylic acids is 2. The lowest BCUT2D eigenvalue weighted by molar-refractivity contribution is -0.163. The van der Waals surface area contributed by atoms with E-state index in [9.17, 15) is 31.5 Å². The molecular formula is C23H29F5O4. The van der Waals surface area contributed by atoms with Gasteiger partial charge in [0, 0.05) is 0 Å². The van der Waals surface area contributed by atoms with Gasteiger partial charge in [0.25, 0.3) is 0 Å². The van der Waals surface area contributed by atoms with Crippen LogP contribution >= 0.6 is 0 Å². The minimum absolute atomic E-state index is 0.244. The molecule has 0 saturated heterocycles. The van der Waals surface area contributed by atoms with E-state index in [2.05, 4.69) is 6.92 Å². The van der Waals surface area contributed by atoms with Crippen LogP contribution in [0.3, 0.4) is 0 Å². The lowest BCUT2D eigenvalue weighted by Crippen LogP contribution is -2.35. The van der Waals surface area contributed by atoms with Crippen molar-refractivity contribution in [3.05, 3.63) is 34.6 Å². The SMILES string of the molecule is CCCCCCCCOC(=O)C1CCCCC1C(=O)OCc1c(F)c(F)c(F)c(F)c1F. The minimum atomic E-state index is -2.28. The summed E-state index contributed by atoms with van der Waals surface area (Å²) < 4.78 is 77.5. The van der Waals surface area contributed by atoms with Gasteiger partial charge in [-0.2, -0.15) is 0 Å². The molecule has 1 fully saturated rings. The zero-order valence-corrected chi connectivity index (χ0v) is 18.2. The van der Waals surface area contributed by atoms with Gasteiger partial charge in [-0.05, 0) is 19.3 Å². The molecule has 4 nitrogen and oxygen atoms in total. The number of hydrogen-bond acceptors (Lipinski definition) is 4. The molecular weight excluding hydrogens is 435 g/mol. The van der Waals surface area contributed by atoms with E-state index >= 15 is 0 Å². The zero-order valence-electron chi connectivity index (χ0n) is 18.2. The van der Waals surface area contributed by atoms with Crippen LogP contribution in [0, 0.1) is 40.9 Å². The summed E-state index contributed by atoms with van der Waals surface area (Å²) in [5, 5.41) is 0. The van der Waals surface area contributed by atoms with Gasteiger partial charge < -0.3 is 9.47 Å². The van der Waals surface area contributed by atoms with Gasteiger partial charge in [0.15, 0.2) is 23.3 Å². The standard InChI is InChI=1S/C23H29F5O4/c1-2-3-4-5-6-9-12-31-22(29)14-10-7-8-11-15(14)23(30)32-13-16-17(24)19(26)21(28)20(27)18(16)25/h14-15H,2-13H2,1H3. The van der Waals surface area contributed by atoms with E-state index in [-0.39, 0.29) is 6.61 Å². The van der Waals surface area contributed by atoms with Crippen LogP contribution in [0.5, 0.6) is 0 Å². The summed E-state index contributed by atoms with van der Waals surface area (Å²) in [5.41, 5.74) is -1.23. The molecule has 0 N–H and O–H groups in total. The first-order chi connectivity index (χ1) is 15.3. The van der Waals surface area contributed by atoms with Crippen molar-refractivity contribution in [3.8, 4) is 0 Å². The Morgan fingerprint density at radius 2 is 1.19 bits per heavy atom. The van der Waals surface area contributed by atoms with E-state index in [1.165, 1.54) is 0 Å². The molecule has 0 radical (unpaired) electrons. The molecule has 1 saturated carbocycles. The largest absolute Gasteiger partial charge is 0.465 e. The second-order valence-corrected chi connectivity index (χ2v) is 8.09. The molecule has 0 bridgehead atoms. The van der Waals surface area contributed by atoms with Crippen LogP contribution in [0.2, 0.25) is 0 Å². The topological polar surface area (TPSA) is 52.6 Å². The summed E-state index contributed by atoms with van der Waals surface area (Å²) in [4.78, 5) is 25.0. The number of ether oxygens (including phenoxy) is 2. The number of unbranched alkanes of at least 4 members (excludes halogenated alkanes) is 5. The van der Waals surface area contributed by atoms with Crippen LogP contribution in [-0.2, 0) is 25.7 Å². The Balaban J connectivity index is 1.92. The van der Waals surface area contributed by atoms with Crippen LogP contribution in [0.1, 0.15) is 76.7 Å². The van der Waals surface area contributed by atoms with Gasteiger partial charge in [0.1, 0.15) is 6.61 Å². The molecule has 2 rings (SSSR count). The first kappa shape index (κ1) is 26.1. The highest BCUT2D eigenvalue weighted by Crippen LogP contribution is 2.33. The van der Waals surface area contributed by atoms with Gasteiger partial charge >= 0.3 is 11.9 Å². The number of esters is 2. The minimum Gasteiger partial charge on any atom is -0.465 e. The molecule has 0 aromatic heterocycles. The molecule has 0 aliphatic heterocycles. The quantitative estimate of drug-likeness (QED) is 0.130. The summed E-state index contributed by atoms with van der Waals surface area (Å²) in [7, 11) is 0. The highest BCUT2D eigenvalue weighted by molar-refractivity contribution is 5.82. The summed E-state index contributed by atoms with van der Waals surface area (Å²) in [5.74, 6) is -13.7. The summed E-state index contributed by atoms with van der Waals surface area (Å²) in [6, 6.07) is 0. The smallest absolute Gasteiger partial charge is 0.310 e. The number of carbonyl (C=O) groups is 2. The van der Waals surface area contributed by atoms with Crippen molar-refractivity contribution in [1.82, 2.24) is 0 Å². The molecule has 1 aliphatic carbocycles. The van der Waals surface area contributed by atoms with Crippen molar-refractivity contribution in [1.29, 1.82) is 0 Å². The van der Waals surface area contributed by atoms with Crippen molar-refractivity contribution in [2.45, 2.75) is 77.7 Å². The van der Waals surface area contributed by atoms with Crippen molar-refractivity contribution < 1.29 is 41.0 Å². The third kappa shape index (κ3) is 6.65. The Morgan fingerprint density at radius 1 is 0.719 bits per heavy atom. The second-order valence-electron chi connectivity index (χ2n) is 8.09. The fourth-order valence-electron chi connectivity index (χ4n) is 3.88. The van der Waals surface area contributed by atoms with Gasteiger partial charge in [0.2, 0.25) is 5.82 Å². The molecule has 180 valence electrons. The van der Waals surface area contributed by atoms with Crippen LogP contribution < -0.4 is 0 Å². The average molecular weight is 464 g/mol. The summed E-state index contributed by atoms with van der Waals surface area (Å²) in [6.07, 6.45) is 8.20. The van der Waals surface area contributed by atoms with Crippen LogP contribution in [0.15, 0.2) is 0 Å². The Morgan fingerprint density at radius 3 is 1.75 bits per heavy atom. The molecule has 9 heteroatoms. The Hall–Kier alpha value is -2.19. The highest BCUT2D eigenvalue weighted by Gasteiger charge is 2.38. The maximum absolute atomic E-state index is 13.8. The fraction of sp³-hybridized carbons (Fsp3) is 0.652. The van der Waals surface area contributed by atoms with Gasteiger partial charge in [-0.3, -0.25) is 9.59 Å². The summed E-state index contributed by atoms with van der Waals surface area (Å²) in [6.45, 7) is 1.24. The molecule has 0 heterocycles. The Bertz CT molecular complexity index is 770. The third-order valence-electron chi connectivity index (χ3n) is 5.77. The van der Waals surface area contributed by atoms with Gasteiger partial charge in [-0.1, -0.05) is 51.9 Å². The first-order valence-electron chi connectivity index (χ1n) is 11.1. The number of rotatable bonds is 11. The maximum atomic E-state index is 13.8. The van der Waals surface area contributed by atoms with Crippen molar-refractivity contribution in [2.24, 2.45) is 11.8 Å². The summed E-state index contributed by atoms with van der Waals surface area (Å²) >= 11 is 0. The Labute approximate surface area is 184 Å². The van der Waals surface area contributed by atoms with Crippen molar-refractivity contribution >= 4 is 11.9 Å². The lowest BCUT2D eigenvalue weighted by Gasteiger charge is -2.28. The third-order valence-corrected chi connectivity index (χ3v) is 5.77. The maximum Gasteiger partial charge on any atom is 0.310 e. The van der Waals surface area contributed by atoms with E-state index in [0.29, 0.717) is 25.7 Å². The molecule has 0 spiro atoms. The Kier molecular flexibility index (Phi) is 10.4. The van der Waals surface area contributed by atoms with Crippen molar-refractivity contribution in [3.63, 3.8) is 0 Å². The molecule has 1 aliphatic rings. The lowest BCUT2D eigenvalue weighted by atomic mass is 9.79. The normalized spacial score (nSPS) is 18.4. The number of benzene rings is 1. The molecule has 2 atom stereocenters. The first-order valence-corrected chi connectivity index (χ1v) is 11.1. The predicted octanol–water partition coefficient (Wildman–Crippen LogP) is 6.14. The van der Waals surface area contributed by atoms with Crippen LogP contribution in [0.25, 0.3) is 0 Å². The monoisotopic (exact) mass is 464 g/mol. The molecule has 32 heavy (non-hydrogen) atoms. The van der Waals surface area contributed by atoms with Gasteiger partial charge in [-0.15, -0.1) is 0 Å². The molecule has 1 aromatic carbocycles. The second kappa shape index (κ2) is 12.7. The van der Waals surface area contributed by atoms with Crippen LogP contribution in [-0.4, -0.2) is 18.5 Å². The van der Waals surface area contributed by atoms with E-state index in [0.717, 1.165) is 38.5 Å². The predicted molar refractivity (Wildman–Crippen MR) is 106 cm³/mol. The fourth-order valence-corrected chi connectivity index (χ4v) is 3.88. The van der Waals surface area contributed by atoms with Gasteiger partial charge in [0.05, 0.1) is 24.0 Å². The van der Waals surface area contributed by atoms with E-state index in [1.807, 2.05) is 0 Å². The van der Waals surface area contributed by atoms with Gasteiger partial charge in [-0.25, -0.2) is 22.0 Å². The highest BCUT2D eigenvalue weighted by atomic mass is 19.2. The molecule has 1 aromatic rings. The number of hydrogen-bond donors (Lipinski definition) is 0. The zero-order chi connectivity index (χ0) is 23.7. The van der Waals surface area contributed by atoms with E-state index in [1.54, 1.807) is 0 Å². The van der Waals surface area contributed by atoms with Crippen molar-refractivity contribution in [2.75, 3.05) is 6.61 Å².